The average molecular weight is 509 g/mol. The molecule has 0 amide bonds. The molecule has 36 heavy (non-hydrogen) atoms. The molecular weight excluding hydrogens is 480 g/mol. The fraction of sp³-hybridized carbons (Fsp3) is 0.308. The zero-order valence-electron chi connectivity index (χ0n) is 19.8. The Labute approximate surface area is 215 Å². The van der Waals surface area contributed by atoms with Gasteiger partial charge < -0.3 is 14.8 Å². The lowest BCUT2D eigenvalue weighted by atomic mass is 9.96. The molecule has 1 unspecified atom stereocenters. The number of nitrogens with zero attached hydrogens (tertiary/aromatic N) is 5. The maximum Gasteiger partial charge on any atom is 0.324 e. The predicted octanol–water partition coefficient (Wildman–Crippen LogP) is 2.92. The molecule has 1 atom stereocenters. The molecule has 1 aliphatic rings. The van der Waals surface area contributed by atoms with Crippen molar-refractivity contribution in [2.24, 2.45) is 0 Å². The van der Waals surface area contributed by atoms with Crippen LogP contribution in [0.25, 0.3) is 5.65 Å². The fourth-order valence-corrected chi connectivity index (χ4v) is 4.34. The number of benzene rings is 2. The molecule has 1 aliphatic heterocycles. The van der Waals surface area contributed by atoms with Crippen LogP contribution >= 0.6 is 12.4 Å². The van der Waals surface area contributed by atoms with E-state index in [1.165, 1.54) is 22.1 Å². The number of carbonyl (C=O) groups excluding carboxylic acids is 1. The van der Waals surface area contributed by atoms with Gasteiger partial charge in [-0.15, -0.1) is 27.2 Å². The lowest BCUT2D eigenvalue weighted by molar-refractivity contribution is -0.147. The normalized spacial score (nSPS) is 16.0. The monoisotopic (exact) mass is 508 g/mol. The van der Waals surface area contributed by atoms with Gasteiger partial charge in [0.05, 0.1) is 19.3 Å². The third-order valence-corrected chi connectivity index (χ3v) is 5.99. The van der Waals surface area contributed by atoms with Gasteiger partial charge in [0.2, 0.25) is 5.88 Å². The van der Waals surface area contributed by atoms with Crippen LogP contribution in [-0.4, -0.2) is 69.6 Å². The van der Waals surface area contributed by atoms with E-state index in [9.17, 15) is 4.79 Å². The molecule has 0 saturated carbocycles. The van der Waals surface area contributed by atoms with Crippen molar-refractivity contribution in [2.45, 2.75) is 18.5 Å². The number of piperazine rings is 1. The van der Waals surface area contributed by atoms with Crippen molar-refractivity contribution in [1.29, 1.82) is 0 Å². The molecule has 0 aliphatic carbocycles. The number of esters is 1. The van der Waals surface area contributed by atoms with E-state index in [1.54, 1.807) is 12.1 Å². The molecule has 3 heterocycles. The molecule has 0 radical (unpaired) electrons. The topological polar surface area (TPSA) is 93.9 Å². The minimum absolute atomic E-state index is 0. The summed E-state index contributed by atoms with van der Waals surface area (Å²) in [5.41, 5.74) is 3.08. The van der Waals surface area contributed by atoms with E-state index >= 15 is 0 Å². The third-order valence-electron chi connectivity index (χ3n) is 5.99. The molecule has 0 bridgehead atoms. The predicted molar refractivity (Wildman–Crippen MR) is 137 cm³/mol. The number of halogens is 1. The molecule has 4 aromatic rings. The summed E-state index contributed by atoms with van der Waals surface area (Å²) in [5, 5.41) is 11.5. The maximum atomic E-state index is 12.8. The van der Waals surface area contributed by atoms with E-state index in [4.69, 9.17) is 9.47 Å². The number of carbonyl (C=O) groups is 1. The van der Waals surface area contributed by atoms with E-state index < -0.39 is 0 Å². The van der Waals surface area contributed by atoms with Crippen LogP contribution in [0, 0.1) is 0 Å². The van der Waals surface area contributed by atoms with Crippen LogP contribution in [0.4, 0.5) is 0 Å². The first-order chi connectivity index (χ1) is 17.3. The van der Waals surface area contributed by atoms with Gasteiger partial charge in [0.25, 0.3) is 0 Å². The van der Waals surface area contributed by atoms with E-state index in [0.717, 1.165) is 13.1 Å². The lowest BCUT2D eigenvalue weighted by Crippen LogP contribution is -2.55. The van der Waals surface area contributed by atoms with Crippen LogP contribution < -0.4 is 10.1 Å². The summed E-state index contributed by atoms with van der Waals surface area (Å²) in [6.07, 6.45) is 2.00. The minimum atomic E-state index is -0.379. The largest absolute Gasteiger partial charge is 0.476 e. The summed E-state index contributed by atoms with van der Waals surface area (Å²) >= 11 is 0. The highest BCUT2D eigenvalue weighted by molar-refractivity contribution is 5.85. The van der Waals surface area contributed by atoms with Crippen molar-refractivity contribution in [3.63, 3.8) is 0 Å². The molecule has 5 rings (SSSR count). The summed E-state index contributed by atoms with van der Waals surface area (Å²) < 4.78 is 12.6. The van der Waals surface area contributed by atoms with Crippen LogP contribution in [0.1, 0.15) is 23.6 Å². The summed E-state index contributed by atoms with van der Waals surface area (Å²) in [4.78, 5) is 19.2. The van der Waals surface area contributed by atoms with Gasteiger partial charge in [-0.1, -0.05) is 60.7 Å². The molecule has 9 nitrogen and oxygen atoms in total. The third kappa shape index (κ3) is 6.17. The maximum absolute atomic E-state index is 12.8. The van der Waals surface area contributed by atoms with Crippen LogP contribution in [-0.2, 0) is 9.53 Å². The van der Waals surface area contributed by atoms with Gasteiger partial charge >= 0.3 is 5.97 Å². The van der Waals surface area contributed by atoms with E-state index in [0.29, 0.717) is 31.1 Å². The van der Waals surface area contributed by atoms with Crippen LogP contribution in [0.5, 0.6) is 5.88 Å². The van der Waals surface area contributed by atoms with Crippen molar-refractivity contribution >= 4 is 24.0 Å². The van der Waals surface area contributed by atoms with Crippen molar-refractivity contribution in [3.8, 4) is 5.88 Å². The quantitative estimate of drug-likeness (QED) is 0.272. The van der Waals surface area contributed by atoms with Gasteiger partial charge in [-0.2, -0.15) is 0 Å². The Morgan fingerprint density at radius 2 is 1.72 bits per heavy atom. The van der Waals surface area contributed by atoms with Gasteiger partial charge in [-0.25, -0.2) is 4.98 Å². The molecule has 1 saturated heterocycles. The zero-order valence-corrected chi connectivity index (χ0v) is 20.6. The van der Waals surface area contributed by atoms with Gasteiger partial charge in [0, 0.05) is 32.1 Å². The van der Waals surface area contributed by atoms with E-state index in [-0.39, 0.29) is 37.1 Å². The molecule has 1 N–H and O–H groups in total. The van der Waals surface area contributed by atoms with Crippen molar-refractivity contribution < 1.29 is 14.3 Å². The molecule has 10 heteroatoms. The first-order valence-electron chi connectivity index (χ1n) is 11.8. The highest BCUT2D eigenvalue weighted by Gasteiger charge is 2.31. The zero-order chi connectivity index (χ0) is 23.9. The Morgan fingerprint density at radius 3 is 2.44 bits per heavy atom. The standard InChI is InChI=1S/C26H28N6O3.ClH/c33-26(35-17-7-16-34-24-13-12-23-28-19-29-32(23)30-24)22-18-31(15-14-27-22)25(20-8-3-1-4-9-20)21-10-5-2-6-11-21;/h1-6,8-13,19,22,25,27H,7,14-18H2;1H. The van der Waals surface area contributed by atoms with Crippen LogP contribution in [0.3, 0.4) is 0 Å². The fourth-order valence-electron chi connectivity index (χ4n) is 4.34. The summed E-state index contributed by atoms with van der Waals surface area (Å²) in [5.74, 6) is 0.212. The Hall–Kier alpha value is -3.53. The molecule has 0 spiro atoms. The van der Waals surface area contributed by atoms with Crippen LogP contribution in [0.15, 0.2) is 79.1 Å². The van der Waals surface area contributed by atoms with E-state index in [1.807, 2.05) is 12.1 Å². The number of rotatable bonds is 9. The Bertz CT molecular complexity index is 1200. The number of nitrogens with one attached hydrogen (secondary N) is 1. The first-order valence-corrected chi connectivity index (χ1v) is 11.8. The summed E-state index contributed by atoms with van der Waals surface area (Å²) in [7, 11) is 0. The Kier molecular flexibility index (Phi) is 8.83. The van der Waals surface area contributed by atoms with Gasteiger partial charge in [0.15, 0.2) is 5.65 Å². The Morgan fingerprint density at radius 1 is 1.00 bits per heavy atom. The first kappa shape index (κ1) is 25.6. The average Bonchev–Trinajstić information content (AvgIpc) is 3.38. The number of hydrogen-bond acceptors (Lipinski definition) is 8. The second-order valence-corrected chi connectivity index (χ2v) is 8.37. The highest BCUT2D eigenvalue weighted by atomic mass is 35.5. The number of aromatic nitrogens is 4. The molecule has 2 aromatic carbocycles. The summed E-state index contributed by atoms with van der Waals surface area (Å²) in [6.45, 7) is 2.80. The highest BCUT2D eigenvalue weighted by Crippen LogP contribution is 2.29. The molecule has 2 aromatic heterocycles. The van der Waals surface area contributed by atoms with Crippen molar-refractivity contribution in [1.82, 2.24) is 30.0 Å². The second kappa shape index (κ2) is 12.4. The Balaban J connectivity index is 0.00000304. The van der Waals surface area contributed by atoms with E-state index in [2.05, 4.69) is 73.9 Å². The molecular formula is C26H29ClN6O3. The lowest BCUT2D eigenvalue weighted by Gasteiger charge is -2.38. The number of ether oxygens (including phenoxy) is 2. The second-order valence-electron chi connectivity index (χ2n) is 8.37. The smallest absolute Gasteiger partial charge is 0.324 e. The summed E-state index contributed by atoms with van der Waals surface area (Å²) in [6, 6.07) is 24.1. The van der Waals surface area contributed by atoms with Crippen molar-refractivity contribution in [3.05, 3.63) is 90.3 Å². The minimum Gasteiger partial charge on any atom is -0.476 e. The number of hydrogen-bond donors (Lipinski definition) is 1. The number of fused-ring (bicyclic) bond motifs is 1. The molecule has 1 fully saturated rings. The van der Waals surface area contributed by atoms with Crippen LogP contribution in [0.2, 0.25) is 0 Å². The SMILES string of the molecule is Cl.O=C(OCCCOc1ccc2ncnn2n1)C1CN(C(c2ccccc2)c2ccccc2)CCN1. The van der Waals surface area contributed by atoms with Gasteiger partial charge in [-0.05, 0) is 17.2 Å². The van der Waals surface area contributed by atoms with Crippen molar-refractivity contribution in [2.75, 3.05) is 32.8 Å². The molecule has 188 valence electrons. The van der Waals surface area contributed by atoms with Gasteiger partial charge in [-0.3, -0.25) is 9.69 Å². The van der Waals surface area contributed by atoms with Gasteiger partial charge in [0.1, 0.15) is 12.4 Å².